The normalized spacial score (nSPS) is 14.5. The molecule has 1 fully saturated rings. The van der Waals surface area contributed by atoms with Crippen LogP contribution < -0.4 is 4.74 Å². The van der Waals surface area contributed by atoms with E-state index in [9.17, 15) is 0 Å². The van der Waals surface area contributed by atoms with Gasteiger partial charge < -0.3 is 4.74 Å². The third-order valence-corrected chi connectivity index (χ3v) is 3.74. The van der Waals surface area contributed by atoms with Crippen molar-refractivity contribution in [3.8, 4) is 11.6 Å². The van der Waals surface area contributed by atoms with Crippen molar-refractivity contribution in [2.45, 2.75) is 32.6 Å². The van der Waals surface area contributed by atoms with Gasteiger partial charge in [0.05, 0.1) is 0 Å². The molecule has 1 aromatic carbocycles. The predicted octanol–water partition coefficient (Wildman–Crippen LogP) is 4.53. The minimum absolute atomic E-state index is 0.514. The zero-order valence-electron chi connectivity index (χ0n) is 11.0. The molecule has 0 N–H and O–H groups in total. The molecule has 0 radical (unpaired) electrons. The Balaban J connectivity index is 1.87. The molecule has 1 saturated carbocycles. The minimum Gasteiger partial charge on any atom is -0.439 e. The fraction of sp³-hybridized carbons (Fsp3) is 0.333. The van der Waals surface area contributed by atoms with Gasteiger partial charge in [0.1, 0.15) is 16.2 Å². The SMILES string of the molecule is Cc1ccc(Oc2cc(Br)nc(C3CC3)n2)cc1C. The molecule has 0 aliphatic heterocycles. The first kappa shape index (κ1) is 12.6. The molecule has 0 spiro atoms. The second-order valence-corrected chi connectivity index (χ2v) is 5.82. The van der Waals surface area contributed by atoms with Crippen molar-refractivity contribution in [1.29, 1.82) is 0 Å². The Kier molecular flexibility index (Phi) is 3.27. The molecule has 0 bridgehead atoms. The number of benzene rings is 1. The molecule has 0 atom stereocenters. The Morgan fingerprint density at radius 1 is 1.11 bits per heavy atom. The van der Waals surface area contributed by atoms with Crippen molar-refractivity contribution in [3.63, 3.8) is 0 Å². The quantitative estimate of drug-likeness (QED) is 0.780. The van der Waals surface area contributed by atoms with Crippen molar-refractivity contribution in [1.82, 2.24) is 9.97 Å². The average Bonchev–Trinajstić information content (AvgIpc) is 3.17. The summed E-state index contributed by atoms with van der Waals surface area (Å²) >= 11 is 3.42. The van der Waals surface area contributed by atoms with Gasteiger partial charge in [0.15, 0.2) is 0 Å². The third kappa shape index (κ3) is 2.95. The second-order valence-electron chi connectivity index (χ2n) is 5.01. The largest absolute Gasteiger partial charge is 0.439 e. The maximum atomic E-state index is 5.83. The van der Waals surface area contributed by atoms with Crippen LogP contribution in [-0.4, -0.2) is 9.97 Å². The Labute approximate surface area is 121 Å². The fourth-order valence-electron chi connectivity index (χ4n) is 1.89. The van der Waals surface area contributed by atoms with Gasteiger partial charge in [-0.05, 0) is 65.9 Å². The number of nitrogens with zero attached hydrogens (tertiary/aromatic N) is 2. The van der Waals surface area contributed by atoms with E-state index in [1.807, 2.05) is 12.1 Å². The maximum Gasteiger partial charge on any atom is 0.223 e. The number of aromatic nitrogens is 2. The Hall–Kier alpha value is -1.42. The molecule has 3 rings (SSSR count). The Morgan fingerprint density at radius 3 is 2.58 bits per heavy atom. The van der Waals surface area contributed by atoms with Gasteiger partial charge in [-0.2, -0.15) is 4.98 Å². The lowest BCUT2D eigenvalue weighted by atomic mass is 10.1. The molecule has 1 aliphatic carbocycles. The van der Waals surface area contributed by atoms with Crippen LogP contribution in [0.15, 0.2) is 28.9 Å². The van der Waals surface area contributed by atoms with Crippen molar-refractivity contribution in [2.75, 3.05) is 0 Å². The summed E-state index contributed by atoms with van der Waals surface area (Å²) in [6, 6.07) is 7.86. The van der Waals surface area contributed by atoms with Crippen molar-refractivity contribution < 1.29 is 4.74 Å². The predicted molar refractivity (Wildman–Crippen MR) is 77.7 cm³/mol. The smallest absolute Gasteiger partial charge is 0.223 e. The van der Waals surface area contributed by atoms with E-state index in [4.69, 9.17) is 4.74 Å². The highest BCUT2D eigenvalue weighted by molar-refractivity contribution is 9.10. The summed E-state index contributed by atoms with van der Waals surface area (Å²) in [6.45, 7) is 4.17. The van der Waals surface area contributed by atoms with E-state index in [2.05, 4.69) is 45.8 Å². The topological polar surface area (TPSA) is 35.0 Å². The van der Waals surface area contributed by atoms with Crippen LogP contribution >= 0.6 is 15.9 Å². The molecule has 1 aromatic heterocycles. The lowest BCUT2D eigenvalue weighted by Crippen LogP contribution is -1.96. The number of hydrogen-bond donors (Lipinski definition) is 0. The van der Waals surface area contributed by atoms with Crippen LogP contribution in [0.1, 0.15) is 35.7 Å². The lowest BCUT2D eigenvalue weighted by Gasteiger charge is -2.08. The summed E-state index contributed by atoms with van der Waals surface area (Å²) in [6.07, 6.45) is 2.36. The third-order valence-electron chi connectivity index (χ3n) is 3.33. The molecular formula is C15H15BrN2O. The number of rotatable bonds is 3. The van der Waals surface area contributed by atoms with Gasteiger partial charge in [-0.3, -0.25) is 0 Å². The molecule has 0 saturated heterocycles. The van der Waals surface area contributed by atoms with Crippen LogP contribution in [0.2, 0.25) is 0 Å². The standard InChI is InChI=1S/C15H15BrN2O/c1-9-3-6-12(7-10(9)2)19-14-8-13(16)17-15(18-14)11-4-5-11/h3,6-8,11H,4-5H2,1-2H3. The van der Waals surface area contributed by atoms with Crippen molar-refractivity contribution in [2.24, 2.45) is 0 Å². The van der Waals surface area contributed by atoms with E-state index >= 15 is 0 Å². The van der Waals surface area contributed by atoms with E-state index in [1.54, 1.807) is 6.07 Å². The van der Waals surface area contributed by atoms with Gasteiger partial charge in [-0.15, -0.1) is 0 Å². The maximum absolute atomic E-state index is 5.83. The summed E-state index contributed by atoms with van der Waals surface area (Å²) in [4.78, 5) is 8.87. The molecule has 1 heterocycles. The summed E-state index contributed by atoms with van der Waals surface area (Å²) in [5.41, 5.74) is 2.47. The number of ether oxygens (including phenoxy) is 1. The van der Waals surface area contributed by atoms with Crippen molar-refractivity contribution in [3.05, 3.63) is 45.8 Å². The number of hydrogen-bond acceptors (Lipinski definition) is 3. The fourth-order valence-corrected chi connectivity index (χ4v) is 2.27. The highest BCUT2D eigenvalue weighted by Gasteiger charge is 2.27. The Morgan fingerprint density at radius 2 is 1.89 bits per heavy atom. The Bertz CT molecular complexity index is 624. The molecule has 4 heteroatoms. The van der Waals surface area contributed by atoms with Crippen LogP contribution in [-0.2, 0) is 0 Å². The van der Waals surface area contributed by atoms with Gasteiger partial charge >= 0.3 is 0 Å². The van der Waals surface area contributed by atoms with Gasteiger partial charge in [-0.25, -0.2) is 4.98 Å². The van der Waals surface area contributed by atoms with Gasteiger partial charge in [0.25, 0.3) is 0 Å². The monoisotopic (exact) mass is 318 g/mol. The zero-order chi connectivity index (χ0) is 13.4. The molecular weight excluding hydrogens is 304 g/mol. The summed E-state index contributed by atoms with van der Waals surface area (Å²) in [7, 11) is 0. The van der Waals surface area contributed by atoms with E-state index in [1.165, 1.54) is 24.0 Å². The number of halogens is 1. The summed E-state index contributed by atoms with van der Waals surface area (Å²) < 4.78 is 6.61. The van der Waals surface area contributed by atoms with Gasteiger partial charge in [0, 0.05) is 12.0 Å². The summed E-state index contributed by atoms with van der Waals surface area (Å²) in [5, 5.41) is 0. The van der Waals surface area contributed by atoms with E-state index in [0.29, 0.717) is 11.8 Å². The van der Waals surface area contributed by atoms with E-state index < -0.39 is 0 Å². The molecule has 98 valence electrons. The van der Waals surface area contributed by atoms with Crippen LogP contribution in [0.4, 0.5) is 0 Å². The van der Waals surface area contributed by atoms with Crippen LogP contribution in [0.25, 0.3) is 0 Å². The lowest BCUT2D eigenvalue weighted by molar-refractivity contribution is 0.457. The first-order valence-corrected chi connectivity index (χ1v) is 7.21. The molecule has 0 amide bonds. The molecule has 3 nitrogen and oxygen atoms in total. The highest BCUT2D eigenvalue weighted by Crippen LogP contribution is 2.39. The van der Waals surface area contributed by atoms with Crippen LogP contribution in [0.5, 0.6) is 11.6 Å². The first-order chi connectivity index (χ1) is 9.11. The molecule has 1 aliphatic rings. The van der Waals surface area contributed by atoms with Crippen LogP contribution in [0, 0.1) is 13.8 Å². The average molecular weight is 319 g/mol. The van der Waals surface area contributed by atoms with E-state index in [-0.39, 0.29) is 0 Å². The minimum atomic E-state index is 0.514. The van der Waals surface area contributed by atoms with Gasteiger partial charge in [0.2, 0.25) is 5.88 Å². The number of aryl methyl sites for hydroxylation is 2. The first-order valence-electron chi connectivity index (χ1n) is 6.41. The van der Waals surface area contributed by atoms with Gasteiger partial charge in [-0.1, -0.05) is 6.07 Å². The molecule has 0 unspecified atom stereocenters. The second kappa shape index (κ2) is 4.93. The molecule has 19 heavy (non-hydrogen) atoms. The molecule has 2 aromatic rings. The van der Waals surface area contributed by atoms with Crippen molar-refractivity contribution >= 4 is 15.9 Å². The zero-order valence-corrected chi connectivity index (χ0v) is 12.6. The van der Waals surface area contributed by atoms with Crippen LogP contribution in [0.3, 0.4) is 0 Å². The van der Waals surface area contributed by atoms with E-state index in [0.717, 1.165) is 16.2 Å². The highest BCUT2D eigenvalue weighted by atomic mass is 79.9. The summed E-state index contributed by atoms with van der Waals surface area (Å²) in [5.74, 6) is 2.82.